The molecule has 1 aromatic heterocycles. The fourth-order valence-electron chi connectivity index (χ4n) is 1.20. The highest BCUT2D eigenvalue weighted by molar-refractivity contribution is 5.51. The van der Waals surface area contributed by atoms with Crippen molar-refractivity contribution in [3.63, 3.8) is 0 Å². The van der Waals surface area contributed by atoms with Crippen LogP contribution in [0.15, 0.2) is 12.1 Å². The van der Waals surface area contributed by atoms with Crippen LogP contribution in [0.25, 0.3) is 0 Å². The van der Waals surface area contributed by atoms with Crippen LogP contribution in [0.5, 0.6) is 0 Å². The zero-order valence-electron chi connectivity index (χ0n) is 8.25. The third-order valence-corrected chi connectivity index (χ3v) is 1.95. The van der Waals surface area contributed by atoms with Gasteiger partial charge in [0.15, 0.2) is 0 Å². The molecule has 0 amide bonds. The van der Waals surface area contributed by atoms with Gasteiger partial charge in [-0.15, -0.1) is 0 Å². The maximum absolute atomic E-state index is 8.77. The smallest absolute Gasteiger partial charge is 0.143 e. The van der Waals surface area contributed by atoms with Crippen molar-refractivity contribution in [2.45, 2.75) is 12.8 Å². The van der Waals surface area contributed by atoms with E-state index in [1.54, 1.807) is 13.1 Å². The highest BCUT2D eigenvalue weighted by atomic mass is 15.0. The molecule has 0 aromatic carbocycles. The quantitative estimate of drug-likeness (QED) is 0.739. The van der Waals surface area contributed by atoms with Gasteiger partial charge in [0.05, 0.1) is 5.56 Å². The minimum absolute atomic E-state index is 0.573. The first-order valence-corrected chi connectivity index (χ1v) is 4.59. The molecule has 0 unspecified atom stereocenters. The number of nitriles is 1. The molecule has 0 aliphatic rings. The summed E-state index contributed by atoms with van der Waals surface area (Å²) in [5.74, 6) is 0.641. The predicted molar refractivity (Wildman–Crippen MR) is 55.9 cm³/mol. The summed E-state index contributed by atoms with van der Waals surface area (Å²) in [6.07, 6.45) is 1.78. The van der Waals surface area contributed by atoms with E-state index in [-0.39, 0.29) is 0 Å². The second-order valence-electron chi connectivity index (χ2n) is 2.95. The Morgan fingerprint density at radius 2 is 2.36 bits per heavy atom. The second kappa shape index (κ2) is 5.20. The van der Waals surface area contributed by atoms with E-state index in [0.717, 1.165) is 18.5 Å². The van der Waals surface area contributed by atoms with Gasteiger partial charge in [-0.3, -0.25) is 0 Å². The van der Waals surface area contributed by atoms with Crippen LogP contribution in [0.3, 0.4) is 0 Å². The van der Waals surface area contributed by atoms with Crippen LogP contribution in [0, 0.1) is 11.3 Å². The minimum Gasteiger partial charge on any atom is -0.372 e. The molecule has 0 bridgehead atoms. The molecule has 3 N–H and O–H groups in total. The molecule has 4 heteroatoms. The Kier molecular flexibility index (Phi) is 3.89. The Hall–Kier alpha value is -1.60. The van der Waals surface area contributed by atoms with Crippen molar-refractivity contribution in [2.24, 2.45) is 5.73 Å². The third kappa shape index (κ3) is 2.44. The first-order chi connectivity index (χ1) is 6.81. The normalized spacial score (nSPS) is 9.50. The Morgan fingerprint density at radius 1 is 1.57 bits per heavy atom. The minimum atomic E-state index is 0.573. The lowest BCUT2D eigenvalue weighted by atomic mass is 10.2. The third-order valence-electron chi connectivity index (χ3n) is 1.95. The number of hydrogen-bond donors (Lipinski definition) is 2. The molecular formula is C10H14N4. The van der Waals surface area contributed by atoms with Crippen LogP contribution in [0.2, 0.25) is 0 Å². The molecule has 14 heavy (non-hydrogen) atoms. The van der Waals surface area contributed by atoms with Gasteiger partial charge in [0, 0.05) is 12.7 Å². The maximum atomic E-state index is 8.77. The number of rotatable bonds is 4. The largest absolute Gasteiger partial charge is 0.372 e. The highest BCUT2D eigenvalue weighted by Gasteiger charge is 2.02. The molecule has 0 atom stereocenters. The lowest BCUT2D eigenvalue weighted by Gasteiger charge is -2.04. The lowest BCUT2D eigenvalue weighted by molar-refractivity contribution is 0.811. The first-order valence-electron chi connectivity index (χ1n) is 4.59. The average molecular weight is 190 g/mol. The van der Waals surface area contributed by atoms with Crippen LogP contribution in [-0.4, -0.2) is 18.6 Å². The average Bonchev–Trinajstić information content (AvgIpc) is 2.25. The summed E-state index contributed by atoms with van der Waals surface area (Å²) >= 11 is 0. The molecule has 0 aliphatic heterocycles. The van der Waals surface area contributed by atoms with Crippen LogP contribution < -0.4 is 11.1 Å². The molecule has 4 nitrogen and oxygen atoms in total. The summed E-state index contributed by atoms with van der Waals surface area (Å²) < 4.78 is 0. The van der Waals surface area contributed by atoms with E-state index in [1.807, 2.05) is 6.07 Å². The van der Waals surface area contributed by atoms with Crippen LogP contribution in [0.1, 0.15) is 17.7 Å². The van der Waals surface area contributed by atoms with Gasteiger partial charge >= 0.3 is 0 Å². The predicted octanol–water partition coefficient (Wildman–Crippen LogP) is 0.886. The molecule has 0 aliphatic carbocycles. The Labute approximate surface area is 83.8 Å². The number of nitrogens with two attached hydrogens (primary N) is 1. The monoisotopic (exact) mass is 190 g/mol. The van der Waals surface area contributed by atoms with E-state index in [2.05, 4.69) is 16.4 Å². The van der Waals surface area contributed by atoms with Gasteiger partial charge in [0.25, 0.3) is 0 Å². The van der Waals surface area contributed by atoms with Crippen molar-refractivity contribution in [3.8, 4) is 6.07 Å². The molecule has 74 valence electrons. The number of aromatic nitrogens is 1. The molecule has 1 rings (SSSR count). The van der Waals surface area contributed by atoms with Crippen molar-refractivity contribution in [1.82, 2.24) is 4.98 Å². The summed E-state index contributed by atoms with van der Waals surface area (Å²) in [7, 11) is 1.76. The maximum Gasteiger partial charge on any atom is 0.143 e. The van der Waals surface area contributed by atoms with Gasteiger partial charge in [0.1, 0.15) is 11.9 Å². The summed E-state index contributed by atoms with van der Waals surface area (Å²) in [6, 6.07) is 5.73. The molecule has 1 heterocycles. The van der Waals surface area contributed by atoms with E-state index in [4.69, 9.17) is 11.0 Å². The van der Waals surface area contributed by atoms with Crippen molar-refractivity contribution in [1.29, 1.82) is 5.26 Å². The number of hydrogen-bond acceptors (Lipinski definition) is 4. The van der Waals surface area contributed by atoms with Crippen LogP contribution in [0.4, 0.5) is 5.82 Å². The van der Waals surface area contributed by atoms with E-state index in [0.29, 0.717) is 17.9 Å². The summed E-state index contributed by atoms with van der Waals surface area (Å²) in [5, 5.41) is 11.7. The van der Waals surface area contributed by atoms with Gasteiger partial charge in [-0.1, -0.05) is 0 Å². The van der Waals surface area contributed by atoms with Crippen molar-refractivity contribution in [2.75, 3.05) is 18.9 Å². The summed E-state index contributed by atoms with van der Waals surface area (Å²) in [5.41, 5.74) is 6.95. The van der Waals surface area contributed by atoms with Crippen molar-refractivity contribution < 1.29 is 0 Å². The topological polar surface area (TPSA) is 74.7 Å². The van der Waals surface area contributed by atoms with E-state index < -0.39 is 0 Å². The Balaban J connectivity index is 2.86. The Bertz CT molecular complexity index is 340. The van der Waals surface area contributed by atoms with Crippen molar-refractivity contribution in [3.05, 3.63) is 23.4 Å². The number of anilines is 1. The van der Waals surface area contributed by atoms with E-state index in [1.165, 1.54) is 0 Å². The lowest BCUT2D eigenvalue weighted by Crippen LogP contribution is -2.03. The van der Waals surface area contributed by atoms with Gasteiger partial charge in [-0.2, -0.15) is 5.26 Å². The standard InChI is InChI=1S/C10H14N4/c1-13-10-8(7-12)4-5-9(14-10)3-2-6-11/h4-5H,2-3,6,11H2,1H3,(H,13,14). The molecule has 0 radical (unpaired) electrons. The molecule has 0 fully saturated rings. The van der Waals surface area contributed by atoms with Gasteiger partial charge < -0.3 is 11.1 Å². The number of nitrogens with one attached hydrogen (secondary N) is 1. The molecule has 0 spiro atoms. The zero-order chi connectivity index (χ0) is 10.4. The van der Waals surface area contributed by atoms with Crippen LogP contribution >= 0.6 is 0 Å². The number of nitrogens with zero attached hydrogens (tertiary/aromatic N) is 2. The van der Waals surface area contributed by atoms with Gasteiger partial charge in [0.2, 0.25) is 0 Å². The Morgan fingerprint density at radius 3 is 2.93 bits per heavy atom. The SMILES string of the molecule is CNc1nc(CCCN)ccc1C#N. The number of pyridine rings is 1. The van der Waals surface area contributed by atoms with Gasteiger partial charge in [-0.05, 0) is 31.5 Å². The van der Waals surface area contributed by atoms with Crippen LogP contribution in [-0.2, 0) is 6.42 Å². The van der Waals surface area contributed by atoms with Crippen molar-refractivity contribution >= 4 is 5.82 Å². The summed E-state index contributed by atoms with van der Waals surface area (Å²) in [6.45, 7) is 0.663. The summed E-state index contributed by atoms with van der Waals surface area (Å²) in [4.78, 5) is 4.31. The molecule has 0 saturated heterocycles. The van der Waals surface area contributed by atoms with Gasteiger partial charge in [-0.25, -0.2) is 4.98 Å². The first kappa shape index (κ1) is 10.5. The highest BCUT2D eigenvalue weighted by Crippen LogP contribution is 2.12. The molecule has 0 saturated carbocycles. The zero-order valence-corrected chi connectivity index (χ0v) is 8.25. The van der Waals surface area contributed by atoms with E-state index in [9.17, 15) is 0 Å². The fraction of sp³-hybridized carbons (Fsp3) is 0.400. The van der Waals surface area contributed by atoms with E-state index >= 15 is 0 Å². The number of aryl methyl sites for hydroxylation is 1. The fourth-order valence-corrected chi connectivity index (χ4v) is 1.20. The second-order valence-corrected chi connectivity index (χ2v) is 2.95. The molecule has 1 aromatic rings. The molecular weight excluding hydrogens is 176 g/mol.